The van der Waals surface area contributed by atoms with Gasteiger partial charge in [0, 0.05) is 12.1 Å². The first kappa shape index (κ1) is 19.2. The summed E-state index contributed by atoms with van der Waals surface area (Å²) in [5.41, 5.74) is 2.80. The first-order valence-electron chi connectivity index (χ1n) is 10.1. The Hall–Kier alpha value is -3.15. The largest absolute Gasteiger partial charge is 0.489 e. The van der Waals surface area contributed by atoms with Gasteiger partial charge in [0.1, 0.15) is 17.5 Å². The number of piperidine rings is 1. The second-order valence-electron chi connectivity index (χ2n) is 7.51. The summed E-state index contributed by atoms with van der Waals surface area (Å²) in [6.45, 7) is 4.74. The van der Waals surface area contributed by atoms with Crippen LogP contribution in [0.25, 0.3) is 11.3 Å². The van der Waals surface area contributed by atoms with E-state index in [9.17, 15) is 4.79 Å². The minimum absolute atomic E-state index is 0.00984. The van der Waals surface area contributed by atoms with Gasteiger partial charge in [-0.2, -0.15) is 5.10 Å². The maximum absolute atomic E-state index is 13.2. The summed E-state index contributed by atoms with van der Waals surface area (Å²) in [6.07, 6.45) is 4.51. The fourth-order valence-corrected chi connectivity index (χ4v) is 3.93. The third-order valence-corrected chi connectivity index (χ3v) is 5.49. The number of rotatable bonds is 4. The Balaban J connectivity index is 1.53. The first-order valence-corrected chi connectivity index (χ1v) is 10.1. The molecule has 150 valence electrons. The van der Waals surface area contributed by atoms with E-state index in [0.29, 0.717) is 12.2 Å². The van der Waals surface area contributed by atoms with Crippen LogP contribution in [-0.4, -0.2) is 44.6 Å². The van der Waals surface area contributed by atoms with E-state index in [1.165, 1.54) is 4.80 Å². The molecule has 2 aromatic carbocycles. The Morgan fingerprint density at radius 1 is 1.10 bits per heavy atom. The summed E-state index contributed by atoms with van der Waals surface area (Å²) in [5, 5.41) is 8.73. The molecule has 1 amide bonds. The Morgan fingerprint density at radius 2 is 1.86 bits per heavy atom. The highest BCUT2D eigenvalue weighted by Crippen LogP contribution is 2.25. The van der Waals surface area contributed by atoms with Gasteiger partial charge < -0.3 is 9.64 Å². The molecule has 1 aromatic heterocycles. The highest BCUT2D eigenvalue weighted by molar-refractivity contribution is 5.76. The van der Waals surface area contributed by atoms with Crippen LogP contribution in [0.5, 0.6) is 5.75 Å². The molecule has 0 bridgehead atoms. The number of likely N-dealkylation sites (tertiary alicyclic amines) is 1. The molecule has 2 heterocycles. The van der Waals surface area contributed by atoms with Gasteiger partial charge in [-0.3, -0.25) is 0 Å². The molecule has 0 aliphatic carbocycles. The van der Waals surface area contributed by atoms with Crippen molar-refractivity contribution in [1.29, 1.82) is 0 Å². The summed E-state index contributed by atoms with van der Waals surface area (Å²) in [6, 6.07) is 17.5. The minimum Gasteiger partial charge on any atom is -0.489 e. The Labute approximate surface area is 171 Å². The quantitative estimate of drug-likeness (QED) is 0.656. The lowest BCUT2D eigenvalue weighted by Crippen LogP contribution is -2.52. The van der Waals surface area contributed by atoms with Crippen LogP contribution in [0.1, 0.15) is 31.7 Å². The molecule has 0 N–H and O–H groups in total. The molecule has 6 nitrogen and oxygen atoms in total. The molecule has 1 aliphatic heterocycles. The molecular formula is C23H26N4O2. The first-order chi connectivity index (χ1) is 14.1. The summed E-state index contributed by atoms with van der Waals surface area (Å²) in [4.78, 5) is 16.3. The van der Waals surface area contributed by atoms with Gasteiger partial charge in [-0.05, 0) is 50.8 Å². The summed E-state index contributed by atoms with van der Waals surface area (Å²) in [7, 11) is 0. The Kier molecular flexibility index (Phi) is 5.60. The Morgan fingerprint density at radius 3 is 2.66 bits per heavy atom. The number of ether oxygens (including phenoxy) is 1. The van der Waals surface area contributed by atoms with Gasteiger partial charge in [-0.15, -0.1) is 5.10 Å². The second kappa shape index (κ2) is 8.47. The maximum atomic E-state index is 13.2. The van der Waals surface area contributed by atoms with E-state index < -0.39 is 0 Å². The zero-order valence-electron chi connectivity index (χ0n) is 16.9. The third-order valence-electron chi connectivity index (χ3n) is 5.49. The molecular weight excluding hydrogens is 364 g/mol. The predicted molar refractivity (Wildman–Crippen MR) is 112 cm³/mol. The van der Waals surface area contributed by atoms with Crippen LogP contribution in [0.15, 0.2) is 60.8 Å². The zero-order valence-corrected chi connectivity index (χ0v) is 16.9. The van der Waals surface area contributed by atoms with Crippen molar-refractivity contribution in [2.45, 2.75) is 45.3 Å². The number of carbonyl (C=O) groups is 1. The van der Waals surface area contributed by atoms with Crippen molar-refractivity contribution in [3.63, 3.8) is 0 Å². The molecule has 4 rings (SSSR count). The van der Waals surface area contributed by atoms with E-state index in [-0.39, 0.29) is 18.2 Å². The summed E-state index contributed by atoms with van der Waals surface area (Å²) in [5.74, 6) is 0.817. The number of hydrogen-bond donors (Lipinski definition) is 0. The van der Waals surface area contributed by atoms with Gasteiger partial charge >= 0.3 is 6.03 Å². The van der Waals surface area contributed by atoms with E-state index in [0.717, 1.165) is 36.1 Å². The normalized spacial score (nSPS) is 17.7. The molecule has 2 unspecified atom stereocenters. The number of amides is 1. The zero-order chi connectivity index (χ0) is 20.2. The fraction of sp³-hybridized carbons (Fsp3) is 0.348. The lowest BCUT2D eigenvalue weighted by molar-refractivity contribution is 0.0687. The lowest BCUT2D eigenvalue weighted by atomic mass is 9.98. The smallest absolute Gasteiger partial charge is 0.362 e. The summed E-state index contributed by atoms with van der Waals surface area (Å²) >= 11 is 0. The lowest BCUT2D eigenvalue weighted by Gasteiger charge is -2.38. The average Bonchev–Trinajstić information content (AvgIpc) is 3.24. The van der Waals surface area contributed by atoms with E-state index in [4.69, 9.17) is 4.74 Å². The molecule has 1 saturated heterocycles. The topological polar surface area (TPSA) is 60.2 Å². The van der Waals surface area contributed by atoms with Gasteiger partial charge in [0.15, 0.2) is 0 Å². The van der Waals surface area contributed by atoms with Crippen molar-refractivity contribution in [1.82, 2.24) is 19.9 Å². The van der Waals surface area contributed by atoms with Gasteiger partial charge in [-0.1, -0.05) is 47.3 Å². The molecule has 0 spiro atoms. The molecule has 0 saturated carbocycles. The van der Waals surface area contributed by atoms with E-state index >= 15 is 0 Å². The van der Waals surface area contributed by atoms with Crippen LogP contribution >= 0.6 is 0 Å². The van der Waals surface area contributed by atoms with Crippen molar-refractivity contribution in [3.8, 4) is 17.0 Å². The molecule has 6 heteroatoms. The van der Waals surface area contributed by atoms with Crippen LogP contribution in [0.2, 0.25) is 0 Å². The molecule has 29 heavy (non-hydrogen) atoms. The van der Waals surface area contributed by atoms with Crippen molar-refractivity contribution in [2.24, 2.45) is 0 Å². The maximum Gasteiger partial charge on any atom is 0.362 e. The number of nitrogens with zero attached hydrogens (tertiary/aromatic N) is 4. The van der Waals surface area contributed by atoms with Gasteiger partial charge in [-0.25, -0.2) is 4.79 Å². The molecule has 3 aromatic rings. The van der Waals surface area contributed by atoms with Crippen molar-refractivity contribution in [2.75, 3.05) is 6.54 Å². The van der Waals surface area contributed by atoms with Crippen LogP contribution < -0.4 is 4.74 Å². The number of hydrogen-bond acceptors (Lipinski definition) is 4. The van der Waals surface area contributed by atoms with Crippen molar-refractivity contribution >= 4 is 6.03 Å². The molecule has 1 fully saturated rings. The van der Waals surface area contributed by atoms with E-state index in [2.05, 4.69) is 10.2 Å². The van der Waals surface area contributed by atoms with Crippen molar-refractivity contribution in [3.05, 3.63) is 66.4 Å². The fourth-order valence-electron chi connectivity index (χ4n) is 3.93. The van der Waals surface area contributed by atoms with Crippen LogP contribution in [-0.2, 0) is 0 Å². The summed E-state index contributed by atoms with van der Waals surface area (Å²) < 4.78 is 6.12. The number of aryl methyl sites for hydroxylation is 1. The standard InChI is InChI=1S/C23H26N4O2/c1-17-10-6-7-13-20(17)21-16-24-27(25-21)23(28)26-15-9-8-14-22(26)18(2)29-19-11-4-3-5-12-19/h3-7,10-13,16,18,22H,8-9,14-15H2,1-2H3. The molecule has 0 radical (unpaired) electrons. The van der Waals surface area contributed by atoms with Gasteiger partial charge in [0.2, 0.25) is 0 Å². The van der Waals surface area contributed by atoms with Gasteiger partial charge in [0.25, 0.3) is 0 Å². The van der Waals surface area contributed by atoms with Crippen LogP contribution in [0.4, 0.5) is 4.79 Å². The Bertz CT molecular complexity index is 970. The highest BCUT2D eigenvalue weighted by Gasteiger charge is 2.33. The van der Waals surface area contributed by atoms with E-state index in [1.807, 2.05) is 73.3 Å². The van der Waals surface area contributed by atoms with E-state index in [1.54, 1.807) is 6.20 Å². The highest BCUT2D eigenvalue weighted by atomic mass is 16.5. The van der Waals surface area contributed by atoms with Gasteiger partial charge in [0.05, 0.1) is 12.2 Å². The number of para-hydroxylation sites is 1. The number of carbonyl (C=O) groups excluding carboxylic acids is 1. The predicted octanol–water partition coefficient (Wildman–Crippen LogP) is 4.54. The van der Waals surface area contributed by atoms with Crippen LogP contribution in [0.3, 0.4) is 0 Å². The average molecular weight is 390 g/mol. The number of aromatic nitrogens is 3. The third kappa shape index (κ3) is 4.16. The second-order valence-corrected chi connectivity index (χ2v) is 7.51. The SMILES string of the molecule is Cc1ccccc1-c1cnn(C(=O)N2CCCCC2C(C)Oc2ccccc2)n1. The van der Waals surface area contributed by atoms with Crippen LogP contribution in [0, 0.1) is 6.92 Å². The van der Waals surface area contributed by atoms with Crippen molar-refractivity contribution < 1.29 is 9.53 Å². The monoisotopic (exact) mass is 390 g/mol. The molecule has 2 atom stereocenters. The number of benzene rings is 2. The molecule has 1 aliphatic rings. The minimum atomic E-state index is -0.196.